The van der Waals surface area contributed by atoms with Crippen LogP contribution < -0.4 is 10.1 Å². The molecule has 1 aromatic rings. The van der Waals surface area contributed by atoms with E-state index in [1.807, 2.05) is 6.92 Å². The van der Waals surface area contributed by atoms with Crippen molar-refractivity contribution >= 4 is 21.8 Å². The molecule has 76 valence electrons. The number of carbonyl (C=O) groups is 1. The first-order valence-electron chi connectivity index (χ1n) is 4.30. The number of methoxy groups -OCH3 is 1. The van der Waals surface area contributed by atoms with Gasteiger partial charge < -0.3 is 10.1 Å². The average molecular weight is 258 g/mol. The molecule has 0 aliphatic rings. The van der Waals surface area contributed by atoms with Crippen molar-refractivity contribution in [3.8, 4) is 5.75 Å². The minimum absolute atomic E-state index is 0.0733. The number of carbonyl (C=O) groups excluding carboxylic acids is 1. The number of amides is 1. The summed E-state index contributed by atoms with van der Waals surface area (Å²) in [5.41, 5.74) is 0.625. The summed E-state index contributed by atoms with van der Waals surface area (Å²) in [4.78, 5) is 11.4. The summed E-state index contributed by atoms with van der Waals surface area (Å²) in [5, 5.41) is 2.73. The summed E-state index contributed by atoms with van der Waals surface area (Å²) in [7, 11) is 1.59. The Morgan fingerprint density at radius 3 is 2.79 bits per heavy atom. The second-order valence-corrected chi connectivity index (χ2v) is 3.56. The normalized spacial score (nSPS) is 9.64. The monoisotopic (exact) mass is 257 g/mol. The minimum atomic E-state index is -0.0733. The van der Waals surface area contributed by atoms with E-state index in [1.54, 1.807) is 25.3 Å². The van der Waals surface area contributed by atoms with Gasteiger partial charge in [0.1, 0.15) is 5.75 Å². The predicted octanol–water partition coefficient (Wildman–Crippen LogP) is 2.21. The van der Waals surface area contributed by atoms with Gasteiger partial charge in [-0.15, -0.1) is 0 Å². The number of benzene rings is 1. The molecule has 0 bridgehead atoms. The smallest absolute Gasteiger partial charge is 0.251 e. The Morgan fingerprint density at radius 1 is 1.57 bits per heavy atom. The number of hydrogen-bond acceptors (Lipinski definition) is 2. The van der Waals surface area contributed by atoms with E-state index in [1.165, 1.54) is 0 Å². The molecule has 0 heterocycles. The zero-order chi connectivity index (χ0) is 10.6. The summed E-state index contributed by atoms with van der Waals surface area (Å²) >= 11 is 3.32. The van der Waals surface area contributed by atoms with Gasteiger partial charge in [0.05, 0.1) is 11.6 Å². The van der Waals surface area contributed by atoms with Crippen LogP contribution >= 0.6 is 15.9 Å². The first kappa shape index (κ1) is 11.0. The number of halogens is 1. The van der Waals surface area contributed by atoms with E-state index in [0.717, 1.165) is 10.2 Å². The molecule has 14 heavy (non-hydrogen) atoms. The minimum Gasteiger partial charge on any atom is -0.496 e. The molecule has 0 spiro atoms. The van der Waals surface area contributed by atoms with Gasteiger partial charge in [-0.3, -0.25) is 4.79 Å². The van der Waals surface area contributed by atoms with Crippen molar-refractivity contribution in [2.45, 2.75) is 6.92 Å². The largest absolute Gasteiger partial charge is 0.496 e. The molecule has 0 atom stereocenters. The highest BCUT2D eigenvalue weighted by Gasteiger charge is 2.07. The topological polar surface area (TPSA) is 38.3 Å². The van der Waals surface area contributed by atoms with Crippen LogP contribution in [0, 0.1) is 0 Å². The van der Waals surface area contributed by atoms with E-state index in [4.69, 9.17) is 4.74 Å². The van der Waals surface area contributed by atoms with Gasteiger partial charge in [0.15, 0.2) is 0 Å². The van der Waals surface area contributed by atoms with Crippen LogP contribution in [-0.2, 0) is 0 Å². The predicted molar refractivity (Wildman–Crippen MR) is 58.7 cm³/mol. The van der Waals surface area contributed by atoms with Crippen LogP contribution in [0.25, 0.3) is 0 Å². The van der Waals surface area contributed by atoms with Gasteiger partial charge in [-0.25, -0.2) is 0 Å². The van der Waals surface area contributed by atoms with Crippen LogP contribution in [0.15, 0.2) is 22.7 Å². The molecule has 0 saturated heterocycles. The Bertz CT molecular complexity index is 339. The fraction of sp³-hybridized carbons (Fsp3) is 0.300. The summed E-state index contributed by atoms with van der Waals surface area (Å²) in [5.74, 6) is 0.647. The number of hydrogen-bond donors (Lipinski definition) is 1. The summed E-state index contributed by atoms with van der Waals surface area (Å²) in [6.07, 6.45) is 0. The Balaban J connectivity index is 2.91. The van der Waals surface area contributed by atoms with Gasteiger partial charge in [-0.2, -0.15) is 0 Å². The van der Waals surface area contributed by atoms with Gasteiger partial charge in [0.25, 0.3) is 5.91 Å². The van der Waals surface area contributed by atoms with Crippen LogP contribution in [-0.4, -0.2) is 19.6 Å². The van der Waals surface area contributed by atoms with Crippen LogP contribution in [0.5, 0.6) is 5.75 Å². The Kier molecular flexibility index (Phi) is 3.95. The van der Waals surface area contributed by atoms with Gasteiger partial charge >= 0.3 is 0 Å². The van der Waals surface area contributed by atoms with Gasteiger partial charge in [0, 0.05) is 12.1 Å². The second kappa shape index (κ2) is 5.00. The highest BCUT2D eigenvalue weighted by molar-refractivity contribution is 9.10. The summed E-state index contributed by atoms with van der Waals surface area (Å²) in [6.45, 7) is 2.51. The fourth-order valence-electron chi connectivity index (χ4n) is 1.07. The quantitative estimate of drug-likeness (QED) is 0.902. The highest BCUT2D eigenvalue weighted by Crippen LogP contribution is 2.25. The Labute approximate surface area is 91.6 Å². The molecule has 3 nitrogen and oxygen atoms in total. The number of ether oxygens (including phenoxy) is 1. The molecule has 1 amide bonds. The maximum absolute atomic E-state index is 11.4. The maximum atomic E-state index is 11.4. The molecular formula is C10H12BrNO2. The van der Waals surface area contributed by atoms with Gasteiger partial charge in [-0.05, 0) is 41.1 Å². The molecule has 0 radical (unpaired) electrons. The zero-order valence-corrected chi connectivity index (χ0v) is 9.72. The lowest BCUT2D eigenvalue weighted by atomic mass is 10.2. The van der Waals surface area contributed by atoms with E-state index < -0.39 is 0 Å². The van der Waals surface area contributed by atoms with Gasteiger partial charge in [-0.1, -0.05) is 0 Å². The molecule has 0 saturated carbocycles. The summed E-state index contributed by atoms with van der Waals surface area (Å²) < 4.78 is 5.84. The molecule has 0 aromatic heterocycles. The fourth-order valence-corrected chi connectivity index (χ4v) is 1.61. The Hall–Kier alpha value is -1.03. The average Bonchev–Trinajstić information content (AvgIpc) is 2.18. The lowest BCUT2D eigenvalue weighted by Crippen LogP contribution is -2.22. The molecule has 1 N–H and O–H groups in total. The SMILES string of the molecule is CCNC(=O)c1ccc(OC)c(Br)c1. The van der Waals surface area contributed by atoms with Crippen LogP contribution in [0.1, 0.15) is 17.3 Å². The third-order valence-electron chi connectivity index (χ3n) is 1.75. The van der Waals surface area contributed by atoms with Crippen molar-refractivity contribution < 1.29 is 9.53 Å². The molecule has 1 aromatic carbocycles. The third-order valence-corrected chi connectivity index (χ3v) is 2.37. The first-order valence-corrected chi connectivity index (χ1v) is 5.10. The zero-order valence-electron chi connectivity index (χ0n) is 8.13. The molecular weight excluding hydrogens is 246 g/mol. The Morgan fingerprint density at radius 2 is 2.29 bits per heavy atom. The van der Waals surface area contributed by atoms with E-state index >= 15 is 0 Å². The number of rotatable bonds is 3. The first-order chi connectivity index (χ1) is 6.69. The third kappa shape index (κ3) is 2.48. The molecule has 0 aliphatic carbocycles. The van der Waals surface area contributed by atoms with E-state index in [2.05, 4.69) is 21.2 Å². The summed E-state index contributed by atoms with van der Waals surface area (Å²) in [6, 6.07) is 5.23. The van der Waals surface area contributed by atoms with E-state index in [9.17, 15) is 4.79 Å². The van der Waals surface area contributed by atoms with E-state index in [0.29, 0.717) is 12.1 Å². The molecule has 0 fully saturated rings. The van der Waals surface area contributed by atoms with Crippen molar-refractivity contribution in [1.82, 2.24) is 5.32 Å². The van der Waals surface area contributed by atoms with Crippen LogP contribution in [0.2, 0.25) is 0 Å². The van der Waals surface area contributed by atoms with Crippen LogP contribution in [0.3, 0.4) is 0 Å². The van der Waals surface area contributed by atoms with Crippen molar-refractivity contribution in [3.63, 3.8) is 0 Å². The second-order valence-electron chi connectivity index (χ2n) is 2.71. The van der Waals surface area contributed by atoms with Crippen molar-refractivity contribution in [2.75, 3.05) is 13.7 Å². The highest BCUT2D eigenvalue weighted by atomic mass is 79.9. The molecule has 0 aliphatic heterocycles. The van der Waals surface area contributed by atoms with Gasteiger partial charge in [0.2, 0.25) is 0 Å². The van der Waals surface area contributed by atoms with Crippen molar-refractivity contribution in [3.05, 3.63) is 28.2 Å². The van der Waals surface area contributed by atoms with Crippen LogP contribution in [0.4, 0.5) is 0 Å². The molecule has 0 unspecified atom stereocenters. The van der Waals surface area contributed by atoms with Crippen molar-refractivity contribution in [1.29, 1.82) is 0 Å². The molecule has 4 heteroatoms. The lowest BCUT2D eigenvalue weighted by molar-refractivity contribution is 0.0955. The standard InChI is InChI=1S/C10H12BrNO2/c1-3-12-10(13)7-4-5-9(14-2)8(11)6-7/h4-6H,3H2,1-2H3,(H,12,13). The lowest BCUT2D eigenvalue weighted by Gasteiger charge is -2.05. The van der Waals surface area contributed by atoms with Crippen molar-refractivity contribution in [2.24, 2.45) is 0 Å². The molecule has 1 rings (SSSR count). The van der Waals surface area contributed by atoms with E-state index in [-0.39, 0.29) is 5.91 Å². The number of nitrogens with one attached hydrogen (secondary N) is 1. The maximum Gasteiger partial charge on any atom is 0.251 e.